The van der Waals surface area contributed by atoms with Crippen molar-refractivity contribution in [1.29, 1.82) is 0 Å². The van der Waals surface area contributed by atoms with Gasteiger partial charge in [0.05, 0.1) is 5.92 Å². The normalized spacial score (nSPS) is 17.9. The second-order valence-corrected chi connectivity index (χ2v) is 11.6. The van der Waals surface area contributed by atoms with E-state index in [0.717, 1.165) is 50.5 Å². The lowest BCUT2D eigenvalue weighted by atomic mass is 9.86. The standard InChI is InChI=1S/C34H55NO5/c1-3-5-7-9-10-11-12-13-14-15-19-23-29(26-32-30(33(37)40-32)24-20-8-6-4-2)39-34(38)31(35-27-36)25-28-21-17-16-18-22-28/h16-18,21-22,27,29-32H,3-15,19-20,23-26H2,1-2H3,(H,35,36)/t29?,30-,31?,32-/m0/s1. The van der Waals surface area contributed by atoms with E-state index in [0.29, 0.717) is 19.3 Å². The highest BCUT2D eigenvalue weighted by Crippen LogP contribution is 2.32. The Kier molecular flexibility index (Phi) is 18.1. The van der Waals surface area contributed by atoms with E-state index in [9.17, 15) is 14.4 Å². The highest BCUT2D eigenvalue weighted by Gasteiger charge is 2.43. The fourth-order valence-electron chi connectivity index (χ4n) is 5.61. The molecule has 1 saturated heterocycles. The zero-order valence-corrected chi connectivity index (χ0v) is 25.2. The molecule has 0 bridgehead atoms. The Hall–Kier alpha value is -2.37. The van der Waals surface area contributed by atoms with Crippen molar-refractivity contribution in [2.24, 2.45) is 5.92 Å². The molecule has 226 valence electrons. The van der Waals surface area contributed by atoms with Crippen LogP contribution in [0.2, 0.25) is 0 Å². The number of unbranched alkanes of at least 4 members (excludes halogenated alkanes) is 13. The fraction of sp³-hybridized carbons (Fsp3) is 0.735. The van der Waals surface area contributed by atoms with Gasteiger partial charge >= 0.3 is 11.9 Å². The molecule has 1 aromatic rings. The van der Waals surface area contributed by atoms with Gasteiger partial charge in [-0.15, -0.1) is 0 Å². The quantitative estimate of drug-likeness (QED) is 0.0752. The van der Waals surface area contributed by atoms with Crippen molar-refractivity contribution >= 4 is 18.3 Å². The van der Waals surface area contributed by atoms with E-state index in [1.165, 1.54) is 64.2 Å². The van der Waals surface area contributed by atoms with Crippen LogP contribution in [-0.2, 0) is 30.3 Å². The maximum atomic E-state index is 13.2. The van der Waals surface area contributed by atoms with Gasteiger partial charge in [-0.2, -0.15) is 0 Å². The number of esters is 2. The van der Waals surface area contributed by atoms with E-state index in [-0.39, 0.29) is 24.1 Å². The first-order valence-electron chi connectivity index (χ1n) is 16.2. The number of benzene rings is 1. The zero-order chi connectivity index (χ0) is 28.8. The molecule has 0 spiro atoms. The first kappa shape index (κ1) is 33.8. The molecule has 1 N–H and O–H groups in total. The highest BCUT2D eigenvalue weighted by molar-refractivity contribution is 5.79. The molecular weight excluding hydrogens is 502 g/mol. The first-order chi connectivity index (χ1) is 19.6. The maximum absolute atomic E-state index is 13.2. The minimum absolute atomic E-state index is 0.0939. The molecule has 1 aliphatic rings. The molecule has 0 aromatic heterocycles. The minimum Gasteiger partial charge on any atom is -0.461 e. The monoisotopic (exact) mass is 557 g/mol. The van der Waals surface area contributed by atoms with Crippen LogP contribution in [0.25, 0.3) is 0 Å². The molecule has 6 heteroatoms. The number of hydrogen-bond donors (Lipinski definition) is 1. The van der Waals surface area contributed by atoms with Gasteiger partial charge in [-0.25, -0.2) is 4.79 Å². The van der Waals surface area contributed by atoms with E-state index >= 15 is 0 Å². The van der Waals surface area contributed by atoms with Crippen molar-refractivity contribution < 1.29 is 23.9 Å². The van der Waals surface area contributed by atoms with Gasteiger partial charge in [-0.3, -0.25) is 9.59 Å². The van der Waals surface area contributed by atoms with Crippen LogP contribution in [0.15, 0.2) is 30.3 Å². The Morgan fingerprint density at radius 3 is 2.02 bits per heavy atom. The summed E-state index contributed by atoms with van der Waals surface area (Å²) in [6.45, 7) is 4.43. The Balaban J connectivity index is 1.86. The van der Waals surface area contributed by atoms with Crippen LogP contribution in [0.5, 0.6) is 0 Å². The van der Waals surface area contributed by atoms with E-state index in [2.05, 4.69) is 19.2 Å². The van der Waals surface area contributed by atoms with Crippen LogP contribution >= 0.6 is 0 Å². The van der Waals surface area contributed by atoms with Gasteiger partial charge in [-0.1, -0.05) is 134 Å². The molecule has 40 heavy (non-hydrogen) atoms. The molecule has 2 rings (SSSR count). The minimum atomic E-state index is -0.742. The van der Waals surface area contributed by atoms with Crippen molar-refractivity contribution in [3.8, 4) is 0 Å². The molecule has 1 aliphatic heterocycles. The average molecular weight is 558 g/mol. The Bertz CT molecular complexity index is 814. The van der Waals surface area contributed by atoms with Gasteiger partial charge in [0.15, 0.2) is 0 Å². The van der Waals surface area contributed by atoms with Crippen LogP contribution in [-0.4, -0.2) is 36.6 Å². The number of carbonyl (C=O) groups excluding carboxylic acids is 3. The van der Waals surface area contributed by atoms with Gasteiger partial charge in [0.25, 0.3) is 0 Å². The third kappa shape index (κ3) is 13.8. The molecule has 1 fully saturated rings. The highest BCUT2D eigenvalue weighted by atomic mass is 16.6. The summed E-state index contributed by atoms with van der Waals surface area (Å²) in [5, 5.41) is 2.64. The third-order valence-electron chi connectivity index (χ3n) is 8.13. The summed E-state index contributed by atoms with van der Waals surface area (Å²) in [5.41, 5.74) is 0.959. The molecule has 1 aromatic carbocycles. The molecule has 4 atom stereocenters. The number of ether oxygens (including phenoxy) is 2. The Morgan fingerprint density at radius 2 is 1.45 bits per heavy atom. The Morgan fingerprint density at radius 1 is 0.875 bits per heavy atom. The third-order valence-corrected chi connectivity index (χ3v) is 8.13. The summed E-state index contributed by atoms with van der Waals surface area (Å²) in [4.78, 5) is 36.6. The van der Waals surface area contributed by atoms with Crippen molar-refractivity contribution in [3.63, 3.8) is 0 Å². The number of hydrogen-bond acceptors (Lipinski definition) is 5. The van der Waals surface area contributed by atoms with Gasteiger partial charge < -0.3 is 14.8 Å². The lowest BCUT2D eigenvalue weighted by Gasteiger charge is -2.37. The first-order valence-corrected chi connectivity index (χ1v) is 16.2. The maximum Gasteiger partial charge on any atom is 0.329 e. The predicted molar refractivity (Wildman–Crippen MR) is 161 cm³/mol. The molecular formula is C34H55NO5. The largest absolute Gasteiger partial charge is 0.461 e. The molecule has 0 radical (unpaired) electrons. The van der Waals surface area contributed by atoms with Crippen molar-refractivity contribution in [2.45, 2.75) is 154 Å². The predicted octanol–water partition coefficient (Wildman–Crippen LogP) is 7.86. The fourth-order valence-corrected chi connectivity index (χ4v) is 5.61. The van der Waals surface area contributed by atoms with E-state index < -0.39 is 12.0 Å². The number of cyclic esters (lactones) is 1. The second-order valence-electron chi connectivity index (χ2n) is 11.6. The number of rotatable bonds is 25. The second kappa shape index (κ2) is 21.4. The summed E-state index contributed by atoms with van der Waals surface area (Å²) in [7, 11) is 0. The summed E-state index contributed by atoms with van der Waals surface area (Å²) in [5.74, 6) is -0.636. The van der Waals surface area contributed by atoms with Gasteiger partial charge in [-0.05, 0) is 24.8 Å². The zero-order valence-electron chi connectivity index (χ0n) is 25.2. The van der Waals surface area contributed by atoms with E-state index in [1.54, 1.807) is 0 Å². The van der Waals surface area contributed by atoms with Crippen LogP contribution in [0.4, 0.5) is 0 Å². The van der Waals surface area contributed by atoms with Crippen LogP contribution in [0.1, 0.15) is 135 Å². The van der Waals surface area contributed by atoms with Crippen LogP contribution in [0.3, 0.4) is 0 Å². The summed E-state index contributed by atoms with van der Waals surface area (Å²) in [6.07, 6.45) is 20.9. The van der Waals surface area contributed by atoms with Crippen molar-refractivity contribution in [1.82, 2.24) is 5.32 Å². The summed E-state index contributed by atoms with van der Waals surface area (Å²) >= 11 is 0. The van der Waals surface area contributed by atoms with E-state index in [4.69, 9.17) is 9.47 Å². The summed E-state index contributed by atoms with van der Waals surface area (Å²) in [6, 6.07) is 8.89. The van der Waals surface area contributed by atoms with Crippen LogP contribution < -0.4 is 5.32 Å². The molecule has 1 amide bonds. The van der Waals surface area contributed by atoms with Crippen molar-refractivity contribution in [3.05, 3.63) is 35.9 Å². The molecule has 6 nitrogen and oxygen atoms in total. The topological polar surface area (TPSA) is 81.7 Å². The lowest BCUT2D eigenvalue weighted by molar-refractivity contribution is -0.190. The molecule has 1 heterocycles. The van der Waals surface area contributed by atoms with E-state index in [1.807, 2.05) is 30.3 Å². The number of nitrogens with one attached hydrogen (secondary N) is 1. The van der Waals surface area contributed by atoms with Gasteiger partial charge in [0.1, 0.15) is 18.2 Å². The molecule has 0 saturated carbocycles. The van der Waals surface area contributed by atoms with Crippen molar-refractivity contribution in [2.75, 3.05) is 0 Å². The van der Waals surface area contributed by atoms with Crippen LogP contribution in [0, 0.1) is 5.92 Å². The van der Waals surface area contributed by atoms with Gasteiger partial charge in [0, 0.05) is 12.8 Å². The number of carbonyl (C=O) groups is 3. The lowest BCUT2D eigenvalue weighted by Crippen LogP contribution is -2.48. The Labute approximate surface area is 243 Å². The van der Waals surface area contributed by atoms with Gasteiger partial charge in [0.2, 0.25) is 6.41 Å². The smallest absolute Gasteiger partial charge is 0.329 e. The molecule has 2 unspecified atom stereocenters. The average Bonchev–Trinajstić information content (AvgIpc) is 2.95. The number of amides is 1. The molecule has 0 aliphatic carbocycles. The summed E-state index contributed by atoms with van der Waals surface area (Å²) < 4.78 is 11.5. The SMILES string of the molecule is CCCCCCCCCCCCCC(C[C@@H]1OC(=O)[C@H]1CCCCCC)OC(=O)C(Cc1ccccc1)NC=O.